The molecule has 2 aromatic rings. The number of benzene rings is 2. The Bertz CT molecular complexity index is 734. The molecule has 8 heteroatoms. The zero-order valence-electron chi connectivity index (χ0n) is 10.3. The van der Waals surface area contributed by atoms with Crippen LogP contribution in [-0.4, -0.2) is 15.1 Å². The number of phenolic OH excluding ortho intramolecular Hbond substituents is 2. The molecule has 5 nitrogen and oxygen atoms in total. The van der Waals surface area contributed by atoms with Gasteiger partial charge in [-0.2, -0.15) is 0 Å². The van der Waals surface area contributed by atoms with Crippen molar-refractivity contribution >= 4 is 40.5 Å². The van der Waals surface area contributed by atoms with Gasteiger partial charge in [-0.05, 0) is 18.2 Å². The topological polar surface area (TPSA) is 83.6 Å². The van der Waals surface area contributed by atoms with E-state index in [1.165, 1.54) is 18.2 Å². The zero-order valence-corrected chi connectivity index (χ0v) is 12.6. The van der Waals surface area contributed by atoms with E-state index in [-0.39, 0.29) is 27.8 Å². The molecule has 0 aliphatic carbocycles. The van der Waals surface area contributed by atoms with Crippen molar-refractivity contribution in [2.24, 2.45) is 0 Å². The normalized spacial score (nSPS) is 10.6. The average molecular weight is 349 g/mol. The first-order chi connectivity index (χ1) is 9.79. The molecule has 2 rings (SSSR count). The lowest BCUT2D eigenvalue weighted by atomic mass is 10.0. The molecule has 0 heterocycles. The lowest BCUT2D eigenvalue weighted by Crippen LogP contribution is -1.95. The van der Waals surface area contributed by atoms with E-state index in [1.54, 1.807) is 0 Å². The summed E-state index contributed by atoms with van der Waals surface area (Å²) in [5.41, 5.74) is -0.00712. The van der Waals surface area contributed by atoms with E-state index in [4.69, 9.17) is 34.8 Å². The molecule has 0 amide bonds. The summed E-state index contributed by atoms with van der Waals surface area (Å²) in [7, 11) is 0. The second-order valence-corrected chi connectivity index (χ2v) is 5.54. The van der Waals surface area contributed by atoms with Crippen molar-refractivity contribution in [1.29, 1.82) is 0 Å². The first-order valence-electron chi connectivity index (χ1n) is 5.62. The van der Waals surface area contributed by atoms with Crippen LogP contribution in [0.25, 0.3) is 0 Å². The van der Waals surface area contributed by atoms with E-state index < -0.39 is 16.4 Å². The Hall–Kier alpha value is -1.69. The summed E-state index contributed by atoms with van der Waals surface area (Å²) >= 11 is 17.5. The predicted octanol–water partition coefficient (Wildman–Crippen LogP) is 4.56. The molecule has 0 aliphatic rings. The van der Waals surface area contributed by atoms with Gasteiger partial charge in [-0.1, -0.05) is 34.8 Å². The number of hydrogen-bond acceptors (Lipinski definition) is 4. The summed E-state index contributed by atoms with van der Waals surface area (Å²) in [6.07, 6.45) is -0.0145. The fraction of sp³-hybridized carbons (Fsp3) is 0.0769. The molecule has 0 aromatic heterocycles. The van der Waals surface area contributed by atoms with Gasteiger partial charge in [0, 0.05) is 33.7 Å². The highest BCUT2D eigenvalue weighted by molar-refractivity contribution is 6.35. The summed E-state index contributed by atoms with van der Waals surface area (Å²) in [6.45, 7) is 0. The molecule has 0 radical (unpaired) electrons. The largest absolute Gasteiger partial charge is 0.506 e. The Morgan fingerprint density at radius 3 is 2.05 bits per heavy atom. The number of halogens is 3. The zero-order chi connectivity index (χ0) is 15.7. The van der Waals surface area contributed by atoms with Crippen molar-refractivity contribution in [1.82, 2.24) is 0 Å². The summed E-state index contributed by atoms with van der Waals surface area (Å²) in [5, 5.41) is 31.1. The van der Waals surface area contributed by atoms with Gasteiger partial charge < -0.3 is 10.2 Å². The summed E-state index contributed by atoms with van der Waals surface area (Å²) < 4.78 is 0. The van der Waals surface area contributed by atoms with Gasteiger partial charge in [0.15, 0.2) is 5.75 Å². The third kappa shape index (κ3) is 3.32. The van der Waals surface area contributed by atoms with Gasteiger partial charge in [0.25, 0.3) is 0 Å². The fourth-order valence-electron chi connectivity index (χ4n) is 1.87. The lowest BCUT2D eigenvalue weighted by molar-refractivity contribution is -0.385. The smallest absolute Gasteiger partial charge is 0.312 e. The quantitative estimate of drug-likeness (QED) is 0.629. The van der Waals surface area contributed by atoms with Crippen LogP contribution in [0.3, 0.4) is 0 Å². The lowest BCUT2D eigenvalue weighted by Gasteiger charge is -2.09. The molecule has 0 spiro atoms. The van der Waals surface area contributed by atoms with Gasteiger partial charge in [0.05, 0.1) is 9.95 Å². The molecule has 0 aliphatic heterocycles. The van der Waals surface area contributed by atoms with Gasteiger partial charge >= 0.3 is 5.69 Å². The molecular weight excluding hydrogens is 341 g/mol. The van der Waals surface area contributed by atoms with E-state index in [2.05, 4.69) is 0 Å². The van der Waals surface area contributed by atoms with Crippen LogP contribution in [0.5, 0.6) is 11.5 Å². The minimum Gasteiger partial charge on any atom is -0.506 e. The highest BCUT2D eigenvalue weighted by atomic mass is 35.5. The second-order valence-electron chi connectivity index (χ2n) is 4.26. The Balaban J connectivity index is 2.52. The summed E-state index contributed by atoms with van der Waals surface area (Å²) in [6, 6.07) is 5.24. The Morgan fingerprint density at radius 1 is 0.952 bits per heavy atom. The number of nitro benzene ring substituents is 1. The number of rotatable bonds is 3. The monoisotopic (exact) mass is 347 g/mol. The molecule has 2 N–H and O–H groups in total. The van der Waals surface area contributed by atoms with Crippen molar-refractivity contribution in [3.63, 3.8) is 0 Å². The Morgan fingerprint density at radius 2 is 1.48 bits per heavy atom. The molecule has 0 saturated carbocycles. The Kier molecular flexibility index (Phi) is 4.46. The summed E-state index contributed by atoms with van der Waals surface area (Å²) in [5.74, 6) is -0.719. The second kappa shape index (κ2) is 5.97. The number of nitro groups is 1. The van der Waals surface area contributed by atoms with Crippen LogP contribution < -0.4 is 0 Å². The maximum absolute atomic E-state index is 10.8. The molecule has 0 bridgehead atoms. The SMILES string of the molecule is O=[N+]([O-])c1cc(Cl)cc(Cc2cc(Cl)cc(Cl)c2O)c1O. The molecule has 0 atom stereocenters. The van der Waals surface area contributed by atoms with Crippen molar-refractivity contribution in [3.05, 3.63) is 60.6 Å². The van der Waals surface area contributed by atoms with E-state index in [0.29, 0.717) is 10.6 Å². The van der Waals surface area contributed by atoms with Crippen LogP contribution in [0, 0.1) is 10.1 Å². The number of phenols is 2. The van der Waals surface area contributed by atoms with Gasteiger partial charge in [-0.3, -0.25) is 10.1 Å². The van der Waals surface area contributed by atoms with Crippen LogP contribution in [0.1, 0.15) is 11.1 Å². The van der Waals surface area contributed by atoms with Crippen molar-refractivity contribution in [2.75, 3.05) is 0 Å². The molecule has 2 aromatic carbocycles. The highest BCUT2D eigenvalue weighted by Gasteiger charge is 2.20. The fourth-order valence-corrected chi connectivity index (χ4v) is 2.64. The Labute approximate surface area is 134 Å². The maximum atomic E-state index is 10.8. The predicted molar refractivity (Wildman–Crippen MR) is 80.7 cm³/mol. The number of nitrogens with zero attached hydrogens (tertiary/aromatic N) is 1. The standard InChI is InChI=1S/C13H8Cl3NO4/c14-8-2-6(12(18)10(16)4-8)1-7-3-9(15)5-11(13(7)19)17(20)21/h2-5,18-19H,1H2. The molecule has 21 heavy (non-hydrogen) atoms. The first kappa shape index (κ1) is 15.7. The minimum absolute atomic E-state index is 0.0145. The van der Waals surface area contributed by atoms with E-state index in [0.717, 1.165) is 6.07 Å². The third-order valence-electron chi connectivity index (χ3n) is 2.82. The third-order valence-corrected chi connectivity index (χ3v) is 3.54. The maximum Gasteiger partial charge on any atom is 0.312 e. The van der Waals surface area contributed by atoms with Crippen molar-refractivity contribution in [2.45, 2.75) is 6.42 Å². The molecule has 110 valence electrons. The van der Waals surface area contributed by atoms with E-state index in [1.807, 2.05) is 0 Å². The van der Waals surface area contributed by atoms with Crippen LogP contribution in [-0.2, 0) is 6.42 Å². The van der Waals surface area contributed by atoms with Gasteiger partial charge in [0.2, 0.25) is 0 Å². The van der Waals surface area contributed by atoms with Gasteiger partial charge in [-0.15, -0.1) is 0 Å². The molecular formula is C13H8Cl3NO4. The van der Waals surface area contributed by atoms with E-state index >= 15 is 0 Å². The van der Waals surface area contributed by atoms with Gasteiger partial charge in [0.1, 0.15) is 5.75 Å². The van der Waals surface area contributed by atoms with Gasteiger partial charge in [-0.25, -0.2) is 0 Å². The van der Waals surface area contributed by atoms with Crippen molar-refractivity contribution < 1.29 is 15.1 Å². The van der Waals surface area contributed by atoms with Crippen LogP contribution in [0.4, 0.5) is 5.69 Å². The minimum atomic E-state index is -0.741. The van der Waals surface area contributed by atoms with Crippen molar-refractivity contribution in [3.8, 4) is 11.5 Å². The highest BCUT2D eigenvalue weighted by Crippen LogP contribution is 2.38. The van der Waals surface area contributed by atoms with Crippen LogP contribution in [0.2, 0.25) is 15.1 Å². The van der Waals surface area contributed by atoms with E-state index in [9.17, 15) is 20.3 Å². The number of hydrogen-bond donors (Lipinski definition) is 2. The molecule has 0 saturated heterocycles. The average Bonchev–Trinajstić information content (AvgIpc) is 2.38. The first-order valence-corrected chi connectivity index (χ1v) is 6.75. The molecule has 0 unspecified atom stereocenters. The van der Waals surface area contributed by atoms with Crippen LogP contribution >= 0.6 is 34.8 Å². The summed E-state index contributed by atoms with van der Waals surface area (Å²) in [4.78, 5) is 10.1. The molecule has 0 fully saturated rings. The van der Waals surface area contributed by atoms with Crippen LogP contribution in [0.15, 0.2) is 24.3 Å². The number of aromatic hydroxyl groups is 2.